The minimum Gasteiger partial charge on any atom is -0.382 e. The van der Waals surface area contributed by atoms with E-state index in [4.69, 9.17) is 5.73 Å². The Morgan fingerprint density at radius 3 is 2.67 bits per heavy atom. The molecule has 0 atom stereocenters. The molecule has 3 N–H and O–H groups in total. The quantitative estimate of drug-likeness (QED) is 0.759. The van der Waals surface area contributed by atoms with Gasteiger partial charge in [0.1, 0.15) is 11.6 Å². The summed E-state index contributed by atoms with van der Waals surface area (Å²) in [6, 6.07) is 6.96. The molecule has 0 spiro atoms. The van der Waals surface area contributed by atoms with Gasteiger partial charge in [0.25, 0.3) is 0 Å². The third-order valence-corrected chi connectivity index (χ3v) is 3.18. The van der Waals surface area contributed by atoms with Gasteiger partial charge in [-0.25, -0.2) is 8.78 Å². The average Bonchev–Trinajstić information content (AvgIpc) is 2.81. The molecule has 21 heavy (non-hydrogen) atoms. The molecule has 4 nitrogen and oxygen atoms in total. The zero-order valence-corrected chi connectivity index (χ0v) is 11.2. The second-order valence-electron chi connectivity index (χ2n) is 4.67. The number of hydrogen-bond acceptors (Lipinski definition) is 3. The molecule has 3 aromatic rings. The molecule has 3 rings (SSSR count). The molecule has 0 aliphatic heterocycles. The lowest BCUT2D eigenvalue weighted by Crippen LogP contribution is -1.93. The van der Waals surface area contributed by atoms with Crippen molar-refractivity contribution in [2.75, 3.05) is 5.73 Å². The van der Waals surface area contributed by atoms with E-state index in [9.17, 15) is 8.78 Å². The Labute approximate surface area is 119 Å². The van der Waals surface area contributed by atoms with Crippen LogP contribution in [0, 0.1) is 18.6 Å². The van der Waals surface area contributed by atoms with Crippen molar-refractivity contribution in [2.24, 2.45) is 0 Å². The fourth-order valence-corrected chi connectivity index (χ4v) is 2.23. The van der Waals surface area contributed by atoms with Crippen LogP contribution >= 0.6 is 0 Å². The predicted octanol–water partition coefficient (Wildman–Crippen LogP) is 3.31. The Balaban J connectivity index is 2.22. The van der Waals surface area contributed by atoms with Crippen LogP contribution in [0.1, 0.15) is 5.69 Å². The summed E-state index contributed by atoms with van der Waals surface area (Å²) in [6.07, 6.45) is 1.65. The Kier molecular flexibility index (Phi) is 3.13. The molecule has 0 aliphatic rings. The largest absolute Gasteiger partial charge is 0.382 e. The van der Waals surface area contributed by atoms with E-state index in [-0.39, 0.29) is 11.4 Å². The number of anilines is 1. The van der Waals surface area contributed by atoms with E-state index < -0.39 is 11.6 Å². The number of nitrogen functional groups attached to an aromatic ring is 1. The fourth-order valence-electron chi connectivity index (χ4n) is 2.23. The molecule has 106 valence electrons. The maximum absolute atomic E-state index is 14.0. The summed E-state index contributed by atoms with van der Waals surface area (Å²) < 4.78 is 27.1. The van der Waals surface area contributed by atoms with Gasteiger partial charge in [0.2, 0.25) is 0 Å². The van der Waals surface area contributed by atoms with Crippen LogP contribution in [-0.2, 0) is 0 Å². The molecule has 0 aliphatic carbocycles. The third kappa shape index (κ3) is 2.35. The molecule has 1 aromatic carbocycles. The number of benzene rings is 1. The lowest BCUT2D eigenvalue weighted by atomic mass is 10.0. The van der Waals surface area contributed by atoms with E-state index in [2.05, 4.69) is 15.2 Å². The molecule has 0 bridgehead atoms. The van der Waals surface area contributed by atoms with Gasteiger partial charge in [-0.1, -0.05) is 0 Å². The Hall–Kier alpha value is -2.76. The maximum atomic E-state index is 14.0. The number of H-pyrrole nitrogens is 1. The zero-order valence-electron chi connectivity index (χ0n) is 11.2. The van der Waals surface area contributed by atoms with Crippen molar-refractivity contribution in [1.82, 2.24) is 15.2 Å². The SMILES string of the molecule is Cc1cc(-c2[nH]nc(N)c2-c2ccc(F)cc2F)ccn1. The molecule has 0 amide bonds. The molecule has 0 radical (unpaired) electrons. The number of halogens is 2. The molecular weight excluding hydrogens is 274 g/mol. The first-order valence-corrected chi connectivity index (χ1v) is 6.28. The average molecular weight is 286 g/mol. The maximum Gasteiger partial charge on any atom is 0.153 e. The highest BCUT2D eigenvalue weighted by molar-refractivity contribution is 5.87. The van der Waals surface area contributed by atoms with Gasteiger partial charge >= 0.3 is 0 Å². The highest BCUT2D eigenvalue weighted by Crippen LogP contribution is 2.36. The molecule has 6 heteroatoms. The van der Waals surface area contributed by atoms with E-state index >= 15 is 0 Å². The molecule has 0 unspecified atom stereocenters. The number of aromatic amines is 1. The van der Waals surface area contributed by atoms with Crippen LogP contribution in [-0.4, -0.2) is 15.2 Å². The molecule has 2 heterocycles. The Bertz CT molecular complexity index is 811. The zero-order chi connectivity index (χ0) is 15.0. The minimum absolute atomic E-state index is 0.157. The lowest BCUT2D eigenvalue weighted by molar-refractivity contribution is 0.585. The van der Waals surface area contributed by atoms with Crippen LogP contribution in [0.25, 0.3) is 22.4 Å². The number of hydrogen-bond donors (Lipinski definition) is 2. The van der Waals surface area contributed by atoms with Gasteiger partial charge in [-0.15, -0.1) is 0 Å². The molecule has 0 saturated carbocycles. The second kappa shape index (κ2) is 4.97. The van der Waals surface area contributed by atoms with E-state index in [0.717, 1.165) is 17.3 Å². The third-order valence-electron chi connectivity index (χ3n) is 3.18. The highest BCUT2D eigenvalue weighted by Gasteiger charge is 2.18. The first-order chi connectivity index (χ1) is 10.1. The van der Waals surface area contributed by atoms with Crippen molar-refractivity contribution in [3.05, 3.63) is 53.9 Å². The minimum atomic E-state index is -0.685. The normalized spacial score (nSPS) is 10.8. The Morgan fingerprint density at radius 2 is 1.95 bits per heavy atom. The fraction of sp³-hybridized carbons (Fsp3) is 0.0667. The number of rotatable bonds is 2. The number of pyridine rings is 1. The summed E-state index contributed by atoms with van der Waals surface area (Å²) in [7, 11) is 0. The van der Waals surface area contributed by atoms with Gasteiger partial charge in [0.15, 0.2) is 5.82 Å². The van der Waals surface area contributed by atoms with E-state index in [1.807, 2.05) is 13.0 Å². The molecule has 0 saturated heterocycles. The van der Waals surface area contributed by atoms with Crippen molar-refractivity contribution in [3.63, 3.8) is 0 Å². The number of aromatic nitrogens is 3. The van der Waals surface area contributed by atoms with Gasteiger partial charge in [-0.3, -0.25) is 10.1 Å². The summed E-state index contributed by atoms with van der Waals surface area (Å²) in [5.74, 6) is -1.17. The van der Waals surface area contributed by atoms with Crippen molar-refractivity contribution in [2.45, 2.75) is 6.92 Å². The van der Waals surface area contributed by atoms with Gasteiger partial charge in [0.05, 0.1) is 11.3 Å². The molecule has 2 aromatic heterocycles. The Morgan fingerprint density at radius 1 is 1.14 bits per heavy atom. The molecule has 0 fully saturated rings. The lowest BCUT2D eigenvalue weighted by Gasteiger charge is -2.06. The summed E-state index contributed by atoms with van der Waals surface area (Å²) in [4.78, 5) is 4.11. The summed E-state index contributed by atoms with van der Waals surface area (Å²) in [5, 5.41) is 6.73. The standard InChI is InChI=1S/C15H12F2N4/c1-8-6-9(4-5-19-8)14-13(15(18)21-20-14)11-3-2-10(16)7-12(11)17/h2-7H,1H3,(H3,18,20,21). The van der Waals surface area contributed by atoms with Crippen LogP contribution in [0.4, 0.5) is 14.6 Å². The number of nitrogens with one attached hydrogen (secondary N) is 1. The van der Waals surface area contributed by atoms with Gasteiger partial charge in [-0.2, -0.15) is 5.10 Å². The van der Waals surface area contributed by atoms with Crippen molar-refractivity contribution >= 4 is 5.82 Å². The van der Waals surface area contributed by atoms with Crippen molar-refractivity contribution in [3.8, 4) is 22.4 Å². The van der Waals surface area contributed by atoms with E-state index in [0.29, 0.717) is 11.3 Å². The van der Waals surface area contributed by atoms with Gasteiger partial charge in [0, 0.05) is 29.1 Å². The highest BCUT2D eigenvalue weighted by atomic mass is 19.1. The van der Waals surface area contributed by atoms with Gasteiger partial charge < -0.3 is 5.73 Å². The summed E-state index contributed by atoms with van der Waals surface area (Å²) in [6.45, 7) is 1.85. The first kappa shape index (κ1) is 13.2. The van der Waals surface area contributed by atoms with Crippen LogP contribution in [0.15, 0.2) is 36.5 Å². The number of nitrogens with zero attached hydrogens (tertiary/aromatic N) is 2. The van der Waals surface area contributed by atoms with E-state index in [1.54, 1.807) is 12.3 Å². The van der Waals surface area contributed by atoms with Gasteiger partial charge in [-0.05, 0) is 31.2 Å². The molecular formula is C15H12F2N4. The first-order valence-electron chi connectivity index (χ1n) is 6.28. The predicted molar refractivity (Wildman–Crippen MR) is 76.3 cm³/mol. The second-order valence-corrected chi connectivity index (χ2v) is 4.67. The number of aryl methyl sites for hydroxylation is 1. The monoisotopic (exact) mass is 286 g/mol. The van der Waals surface area contributed by atoms with E-state index in [1.165, 1.54) is 12.1 Å². The summed E-state index contributed by atoms with van der Waals surface area (Å²) in [5.41, 5.74) is 8.62. The van der Waals surface area contributed by atoms with Crippen LogP contribution in [0.2, 0.25) is 0 Å². The van der Waals surface area contributed by atoms with Crippen molar-refractivity contribution in [1.29, 1.82) is 0 Å². The smallest absolute Gasteiger partial charge is 0.153 e. The van der Waals surface area contributed by atoms with Crippen molar-refractivity contribution < 1.29 is 8.78 Å². The number of nitrogens with two attached hydrogens (primary N) is 1. The van der Waals surface area contributed by atoms with Crippen LogP contribution < -0.4 is 5.73 Å². The van der Waals surface area contributed by atoms with Crippen LogP contribution in [0.5, 0.6) is 0 Å². The van der Waals surface area contributed by atoms with Crippen LogP contribution in [0.3, 0.4) is 0 Å². The summed E-state index contributed by atoms with van der Waals surface area (Å²) >= 11 is 0. The topological polar surface area (TPSA) is 67.6 Å².